The molecule has 0 fully saturated rings. The number of halogens is 3. The normalized spacial score (nSPS) is 10.8. The number of ether oxygens (including phenoxy) is 2. The van der Waals surface area contributed by atoms with Gasteiger partial charge in [0.15, 0.2) is 11.5 Å². The summed E-state index contributed by atoms with van der Waals surface area (Å²) in [7, 11) is 2.98. The van der Waals surface area contributed by atoms with E-state index in [1.807, 2.05) is 18.2 Å². The standard InChI is InChI=1S/C20H17ClF2N2O3S/c1-25(11-12-7-8-15(27-2)16(9-12)28-20(22)23)19(26)17-10-24-18(29-17)13-5-3-4-6-14(13)21/h3-10,20H,11H2,1-2H3. The number of thiazole rings is 1. The summed E-state index contributed by atoms with van der Waals surface area (Å²) in [5, 5.41) is 1.20. The number of amides is 1. The van der Waals surface area contributed by atoms with Crippen molar-refractivity contribution in [2.75, 3.05) is 14.2 Å². The van der Waals surface area contributed by atoms with Gasteiger partial charge in [0.05, 0.1) is 18.3 Å². The first-order chi connectivity index (χ1) is 13.9. The van der Waals surface area contributed by atoms with Crippen LogP contribution < -0.4 is 9.47 Å². The predicted molar refractivity (Wildman–Crippen MR) is 108 cm³/mol. The number of alkyl halides is 2. The van der Waals surface area contributed by atoms with Gasteiger partial charge in [-0.15, -0.1) is 11.3 Å². The van der Waals surface area contributed by atoms with Crippen molar-refractivity contribution in [3.8, 4) is 22.1 Å². The van der Waals surface area contributed by atoms with Crippen molar-refractivity contribution in [3.05, 3.63) is 64.1 Å². The summed E-state index contributed by atoms with van der Waals surface area (Å²) < 4.78 is 34.7. The summed E-state index contributed by atoms with van der Waals surface area (Å²) in [6.45, 7) is -2.78. The van der Waals surface area contributed by atoms with Crippen LogP contribution in [0.5, 0.6) is 11.5 Å². The fourth-order valence-electron chi connectivity index (χ4n) is 2.67. The molecule has 29 heavy (non-hydrogen) atoms. The van der Waals surface area contributed by atoms with Crippen LogP contribution in [0, 0.1) is 0 Å². The monoisotopic (exact) mass is 438 g/mol. The predicted octanol–water partition coefficient (Wildman–Crippen LogP) is 5.35. The highest BCUT2D eigenvalue weighted by molar-refractivity contribution is 7.17. The van der Waals surface area contributed by atoms with Gasteiger partial charge in [0, 0.05) is 19.2 Å². The number of hydrogen-bond donors (Lipinski definition) is 0. The lowest BCUT2D eigenvalue weighted by Gasteiger charge is -2.17. The third kappa shape index (κ3) is 5.02. The van der Waals surface area contributed by atoms with Gasteiger partial charge in [-0.2, -0.15) is 8.78 Å². The third-order valence-electron chi connectivity index (χ3n) is 4.03. The molecule has 1 amide bonds. The van der Waals surface area contributed by atoms with Crippen LogP contribution >= 0.6 is 22.9 Å². The highest BCUT2D eigenvalue weighted by atomic mass is 35.5. The number of methoxy groups -OCH3 is 1. The number of carbonyl (C=O) groups excluding carboxylic acids is 1. The van der Waals surface area contributed by atoms with Crippen molar-refractivity contribution < 1.29 is 23.0 Å². The Morgan fingerprint density at radius 2 is 2.00 bits per heavy atom. The molecular formula is C20H17ClF2N2O3S. The van der Waals surface area contributed by atoms with Gasteiger partial charge in [0.2, 0.25) is 0 Å². The molecule has 0 unspecified atom stereocenters. The molecule has 0 N–H and O–H groups in total. The molecule has 0 bridgehead atoms. The molecular weight excluding hydrogens is 422 g/mol. The molecule has 152 valence electrons. The summed E-state index contributed by atoms with van der Waals surface area (Å²) >= 11 is 7.42. The second-order valence-corrected chi connectivity index (χ2v) is 7.47. The smallest absolute Gasteiger partial charge is 0.387 e. The van der Waals surface area contributed by atoms with Gasteiger partial charge < -0.3 is 14.4 Å². The Morgan fingerprint density at radius 3 is 2.69 bits per heavy atom. The molecule has 5 nitrogen and oxygen atoms in total. The molecule has 2 aromatic carbocycles. The van der Waals surface area contributed by atoms with Crippen molar-refractivity contribution >= 4 is 28.8 Å². The topological polar surface area (TPSA) is 51.7 Å². The van der Waals surface area contributed by atoms with Crippen LogP contribution in [0.25, 0.3) is 10.6 Å². The minimum atomic E-state index is -2.97. The molecule has 9 heteroatoms. The van der Waals surface area contributed by atoms with E-state index in [2.05, 4.69) is 9.72 Å². The minimum absolute atomic E-state index is 0.0837. The summed E-state index contributed by atoms with van der Waals surface area (Å²) in [6, 6.07) is 11.9. The highest BCUT2D eigenvalue weighted by Crippen LogP contribution is 2.32. The fourth-order valence-corrected chi connectivity index (χ4v) is 3.90. The first-order valence-corrected chi connectivity index (χ1v) is 9.66. The van der Waals surface area contributed by atoms with E-state index in [0.717, 1.165) is 5.56 Å². The van der Waals surface area contributed by atoms with Crippen LogP contribution in [-0.4, -0.2) is 36.6 Å². The summed E-state index contributed by atoms with van der Waals surface area (Å²) in [5.41, 5.74) is 1.37. The van der Waals surface area contributed by atoms with E-state index < -0.39 is 6.61 Å². The van der Waals surface area contributed by atoms with Gasteiger partial charge in [0.1, 0.15) is 9.88 Å². The fraction of sp³-hybridized carbons (Fsp3) is 0.200. The molecule has 1 aromatic heterocycles. The second-order valence-electron chi connectivity index (χ2n) is 6.03. The maximum absolute atomic E-state index is 12.8. The lowest BCUT2D eigenvalue weighted by Crippen LogP contribution is -2.25. The maximum atomic E-state index is 12.8. The van der Waals surface area contributed by atoms with E-state index in [9.17, 15) is 13.6 Å². The molecule has 0 radical (unpaired) electrons. The Balaban J connectivity index is 1.75. The number of benzene rings is 2. The van der Waals surface area contributed by atoms with E-state index in [4.69, 9.17) is 16.3 Å². The zero-order valence-electron chi connectivity index (χ0n) is 15.6. The average Bonchev–Trinajstić information content (AvgIpc) is 3.17. The number of nitrogens with zero attached hydrogens (tertiary/aromatic N) is 2. The van der Waals surface area contributed by atoms with E-state index in [-0.39, 0.29) is 24.0 Å². The molecule has 1 heterocycles. The lowest BCUT2D eigenvalue weighted by molar-refractivity contribution is -0.0512. The van der Waals surface area contributed by atoms with Gasteiger partial charge >= 0.3 is 6.61 Å². The quantitative estimate of drug-likeness (QED) is 0.499. The van der Waals surface area contributed by atoms with Crippen LogP contribution in [0.15, 0.2) is 48.7 Å². The van der Waals surface area contributed by atoms with Crippen molar-refractivity contribution in [1.82, 2.24) is 9.88 Å². The summed E-state index contributed by atoms with van der Waals surface area (Å²) in [4.78, 5) is 19.0. The van der Waals surface area contributed by atoms with Gasteiger partial charge in [-0.25, -0.2) is 4.98 Å². The average molecular weight is 439 g/mol. The maximum Gasteiger partial charge on any atom is 0.387 e. The zero-order chi connectivity index (χ0) is 21.0. The first kappa shape index (κ1) is 21.0. The van der Waals surface area contributed by atoms with E-state index in [1.165, 1.54) is 41.7 Å². The molecule has 0 atom stereocenters. The highest BCUT2D eigenvalue weighted by Gasteiger charge is 2.18. The molecule has 0 spiro atoms. The Hall–Kier alpha value is -2.71. The van der Waals surface area contributed by atoms with Crippen molar-refractivity contribution in [2.45, 2.75) is 13.2 Å². The Kier molecular flexibility index (Phi) is 6.66. The minimum Gasteiger partial charge on any atom is -0.493 e. The molecule has 3 aromatic rings. The number of carbonyl (C=O) groups is 1. The van der Waals surface area contributed by atoms with Crippen LogP contribution in [0.4, 0.5) is 8.78 Å². The van der Waals surface area contributed by atoms with E-state index >= 15 is 0 Å². The molecule has 0 aliphatic rings. The van der Waals surface area contributed by atoms with Gasteiger partial charge in [-0.05, 0) is 23.8 Å². The Morgan fingerprint density at radius 1 is 1.24 bits per heavy atom. The lowest BCUT2D eigenvalue weighted by atomic mass is 10.2. The number of rotatable bonds is 7. The Labute approximate surface area is 175 Å². The van der Waals surface area contributed by atoms with Crippen LogP contribution in [0.2, 0.25) is 5.02 Å². The SMILES string of the molecule is COc1ccc(CN(C)C(=O)c2cnc(-c3ccccc3Cl)s2)cc1OC(F)F. The van der Waals surface area contributed by atoms with Gasteiger partial charge in [0.25, 0.3) is 5.91 Å². The number of aromatic nitrogens is 1. The summed E-state index contributed by atoms with van der Waals surface area (Å²) in [5.74, 6) is -0.137. The van der Waals surface area contributed by atoms with Crippen LogP contribution in [0.1, 0.15) is 15.2 Å². The molecule has 0 saturated heterocycles. The van der Waals surface area contributed by atoms with Crippen molar-refractivity contribution in [3.63, 3.8) is 0 Å². The van der Waals surface area contributed by atoms with Gasteiger partial charge in [-0.1, -0.05) is 35.9 Å². The molecule has 0 saturated carbocycles. The zero-order valence-corrected chi connectivity index (χ0v) is 17.1. The first-order valence-electron chi connectivity index (χ1n) is 8.47. The van der Waals surface area contributed by atoms with Crippen LogP contribution in [-0.2, 0) is 6.54 Å². The van der Waals surface area contributed by atoms with E-state index in [1.54, 1.807) is 19.2 Å². The summed E-state index contributed by atoms with van der Waals surface area (Å²) in [6.07, 6.45) is 1.50. The molecule has 0 aliphatic heterocycles. The van der Waals surface area contributed by atoms with E-state index in [0.29, 0.717) is 20.5 Å². The van der Waals surface area contributed by atoms with Crippen LogP contribution in [0.3, 0.4) is 0 Å². The largest absolute Gasteiger partial charge is 0.493 e. The number of hydrogen-bond acceptors (Lipinski definition) is 5. The second kappa shape index (κ2) is 9.19. The van der Waals surface area contributed by atoms with Gasteiger partial charge in [-0.3, -0.25) is 4.79 Å². The molecule has 0 aliphatic carbocycles. The third-order valence-corrected chi connectivity index (χ3v) is 5.38. The molecule has 3 rings (SSSR count). The Bertz CT molecular complexity index is 1010. The van der Waals surface area contributed by atoms with Crippen molar-refractivity contribution in [2.24, 2.45) is 0 Å². The van der Waals surface area contributed by atoms with Crippen molar-refractivity contribution in [1.29, 1.82) is 0 Å².